The lowest BCUT2D eigenvalue weighted by molar-refractivity contribution is -0.147. The molecule has 0 bridgehead atoms. The number of carbonyl (C=O) groups is 1. The second-order valence-corrected chi connectivity index (χ2v) is 9.41. The topological polar surface area (TPSA) is 37.3 Å². The number of hydrogen-bond acceptors (Lipinski definition) is 1. The molecule has 0 amide bonds. The summed E-state index contributed by atoms with van der Waals surface area (Å²) >= 11 is 0. The third-order valence-electron chi connectivity index (χ3n) is 6.19. The number of carboxylic acids is 1. The van der Waals surface area contributed by atoms with Crippen molar-refractivity contribution in [2.45, 2.75) is 143 Å². The van der Waals surface area contributed by atoms with Crippen LogP contribution in [0.15, 0.2) is 0 Å². The van der Waals surface area contributed by atoms with Crippen LogP contribution in [0.5, 0.6) is 0 Å². The third kappa shape index (κ3) is 16.2. The normalized spacial score (nSPS) is 13.0. The van der Waals surface area contributed by atoms with Gasteiger partial charge in [0.15, 0.2) is 0 Å². The maximum atomic E-state index is 11.4. The largest absolute Gasteiger partial charge is 0.481 e. The van der Waals surface area contributed by atoms with Crippen LogP contribution < -0.4 is 0 Å². The molecular weight excluding hydrogens is 332 g/mol. The average molecular weight is 383 g/mol. The Morgan fingerprint density at radius 3 is 1.41 bits per heavy atom. The van der Waals surface area contributed by atoms with Crippen LogP contribution >= 0.6 is 0 Å². The number of aliphatic carboxylic acids is 1. The maximum absolute atomic E-state index is 11.4. The van der Waals surface area contributed by atoms with Crippen LogP contribution in [0.1, 0.15) is 143 Å². The molecular formula is C25H50O2. The molecule has 2 heteroatoms. The van der Waals surface area contributed by atoms with Crippen LogP contribution in [0, 0.1) is 11.3 Å². The lowest BCUT2D eigenvalue weighted by Gasteiger charge is -2.23. The first-order chi connectivity index (χ1) is 12.9. The van der Waals surface area contributed by atoms with Crippen LogP contribution in [0.3, 0.4) is 0 Å². The summed E-state index contributed by atoms with van der Waals surface area (Å²) in [6.07, 6.45) is 23.6. The van der Waals surface area contributed by atoms with Gasteiger partial charge in [-0.15, -0.1) is 0 Å². The molecule has 0 heterocycles. The Hall–Kier alpha value is -0.530. The molecule has 0 rings (SSSR count). The van der Waals surface area contributed by atoms with Gasteiger partial charge in [-0.05, 0) is 32.6 Å². The number of unbranched alkanes of at least 4 members (excludes halogenated alkanes) is 12. The second kappa shape index (κ2) is 17.6. The molecule has 0 aliphatic carbocycles. The first-order valence-corrected chi connectivity index (χ1v) is 12.2. The van der Waals surface area contributed by atoms with Gasteiger partial charge < -0.3 is 5.11 Å². The predicted octanol–water partition coefficient (Wildman–Crippen LogP) is 8.78. The van der Waals surface area contributed by atoms with Gasteiger partial charge in [-0.2, -0.15) is 0 Å². The molecule has 0 aromatic rings. The number of hydrogen-bond donors (Lipinski definition) is 1. The summed E-state index contributed by atoms with van der Waals surface area (Å²) in [5.74, 6) is 0.0859. The maximum Gasteiger partial charge on any atom is 0.309 e. The number of rotatable bonds is 20. The van der Waals surface area contributed by atoms with Crippen molar-refractivity contribution in [3.05, 3.63) is 0 Å². The highest BCUT2D eigenvalue weighted by Gasteiger charge is 2.27. The van der Waals surface area contributed by atoms with Crippen LogP contribution in [0.4, 0.5) is 0 Å². The van der Waals surface area contributed by atoms with E-state index in [1.165, 1.54) is 103 Å². The van der Waals surface area contributed by atoms with Gasteiger partial charge in [-0.25, -0.2) is 0 Å². The molecule has 0 aliphatic rings. The summed E-state index contributed by atoms with van der Waals surface area (Å²) in [6.45, 7) is 8.31. The summed E-state index contributed by atoms with van der Waals surface area (Å²) in [5.41, 5.74) is -0.571. The lowest BCUT2D eigenvalue weighted by atomic mass is 9.81. The van der Waals surface area contributed by atoms with Crippen molar-refractivity contribution in [2.24, 2.45) is 11.3 Å². The Kier molecular flexibility index (Phi) is 17.2. The van der Waals surface area contributed by atoms with Gasteiger partial charge in [0.05, 0.1) is 5.41 Å². The minimum absolute atomic E-state index is 0.571. The molecule has 0 radical (unpaired) electrons. The quantitative estimate of drug-likeness (QED) is 0.214. The number of carboxylic acid groups (broad SMARTS) is 1. The summed E-state index contributed by atoms with van der Waals surface area (Å²) in [6, 6.07) is 0. The minimum atomic E-state index is -0.645. The van der Waals surface area contributed by atoms with Crippen molar-refractivity contribution < 1.29 is 9.90 Å². The van der Waals surface area contributed by atoms with Gasteiger partial charge in [0, 0.05) is 0 Å². The molecule has 0 spiro atoms. The first-order valence-electron chi connectivity index (χ1n) is 12.2. The Morgan fingerprint density at radius 1 is 0.667 bits per heavy atom. The molecule has 1 N–H and O–H groups in total. The molecule has 0 aliphatic heterocycles. The summed E-state index contributed by atoms with van der Waals surface area (Å²) in [5, 5.41) is 9.39. The van der Waals surface area contributed by atoms with Crippen molar-refractivity contribution in [1.82, 2.24) is 0 Å². The van der Waals surface area contributed by atoms with Gasteiger partial charge >= 0.3 is 5.97 Å². The Balaban J connectivity index is 4.06. The molecule has 1 atom stereocenters. The van der Waals surface area contributed by atoms with E-state index >= 15 is 0 Å². The van der Waals surface area contributed by atoms with E-state index in [9.17, 15) is 9.90 Å². The SMILES string of the molecule is CCCCCCCCCCC(CCCCCCCC)CCC(C)(C)C(=O)O. The highest BCUT2D eigenvalue weighted by molar-refractivity contribution is 5.73. The zero-order valence-corrected chi connectivity index (χ0v) is 19.2. The molecule has 0 saturated heterocycles. The lowest BCUT2D eigenvalue weighted by Crippen LogP contribution is -2.24. The van der Waals surface area contributed by atoms with E-state index in [2.05, 4.69) is 13.8 Å². The highest BCUT2D eigenvalue weighted by Crippen LogP contribution is 2.30. The monoisotopic (exact) mass is 382 g/mol. The van der Waals surface area contributed by atoms with E-state index in [-0.39, 0.29) is 0 Å². The van der Waals surface area contributed by atoms with Crippen LogP contribution in [0.2, 0.25) is 0 Å². The summed E-state index contributed by atoms with van der Waals surface area (Å²) < 4.78 is 0. The third-order valence-corrected chi connectivity index (χ3v) is 6.19. The van der Waals surface area contributed by atoms with E-state index in [1.54, 1.807) is 0 Å². The fraction of sp³-hybridized carbons (Fsp3) is 0.960. The fourth-order valence-electron chi connectivity index (χ4n) is 3.89. The molecule has 0 fully saturated rings. The van der Waals surface area contributed by atoms with Gasteiger partial charge in [0.25, 0.3) is 0 Å². The van der Waals surface area contributed by atoms with Crippen molar-refractivity contribution in [3.8, 4) is 0 Å². The van der Waals surface area contributed by atoms with E-state index in [0.717, 1.165) is 18.8 Å². The minimum Gasteiger partial charge on any atom is -0.481 e. The van der Waals surface area contributed by atoms with Gasteiger partial charge in [-0.1, -0.05) is 117 Å². The Morgan fingerprint density at radius 2 is 1.04 bits per heavy atom. The average Bonchev–Trinajstić information content (AvgIpc) is 2.63. The Labute approximate surface area is 170 Å². The summed E-state index contributed by atoms with van der Waals surface area (Å²) in [4.78, 5) is 11.4. The van der Waals surface area contributed by atoms with Crippen molar-refractivity contribution >= 4 is 5.97 Å². The van der Waals surface area contributed by atoms with E-state index in [1.807, 2.05) is 13.8 Å². The Bertz CT molecular complexity index is 335. The second-order valence-electron chi connectivity index (χ2n) is 9.41. The van der Waals surface area contributed by atoms with Crippen LogP contribution in [-0.4, -0.2) is 11.1 Å². The fourth-order valence-corrected chi connectivity index (χ4v) is 3.89. The first kappa shape index (κ1) is 26.5. The van der Waals surface area contributed by atoms with Gasteiger partial charge in [0.2, 0.25) is 0 Å². The highest BCUT2D eigenvalue weighted by atomic mass is 16.4. The van der Waals surface area contributed by atoms with Crippen molar-refractivity contribution in [3.63, 3.8) is 0 Å². The van der Waals surface area contributed by atoms with E-state index in [0.29, 0.717) is 0 Å². The molecule has 162 valence electrons. The van der Waals surface area contributed by atoms with Crippen LogP contribution in [-0.2, 0) is 4.79 Å². The van der Waals surface area contributed by atoms with E-state index < -0.39 is 11.4 Å². The molecule has 27 heavy (non-hydrogen) atoms. The smallest absolute Gasteiger partial charge is 0.309 e. The van der Waals surface area contributed by atoms with Crippen LogP contribution in [0.25, 0.3) is 0 Å². The van der Waals surface area contributed by atoms with Crippen molar-refractivity contribution in [1.29, 1.82) is 0 Å². The molecule has 2 nitrogen and oxygen atoms in total. The molecule has 0 aromatic heterocycles. The molecule has 1 unspecified atom stereocenters. The molecule has 0 saturated carbocycles. The van der Waals surface area contributed by atoms with Gasteiger partial charge in [-0.3, -0.25) is 4.79 Å². The standard InChI is InChI=1S/C25H50O2/c1-5-7-9-11-13-14-16-18-20-23(19-17-15-12-10-8-6-2)21-22-25(3,4)24(26)27/h23H,5-22H2,1-4H3,(H,26,27). The van der Waals surface area contributed by atoms with Crippen molar-refractivity contribution in [2.75, 3.05) is 0 Å². The van der Waals surface area contributed by atoms with E-state index in [4.69, 9.17) is 0 Å². The zero-order valence-electron chi connectivity index (χ0n) is 19.2. The predicted molar refractivity (Wildman–Crippen MR) is 119 cm³/mol. The zero-order chi connectivity index (χ0) is 20.4. The molecule has 0 aromatic carbocycles. The summed E-state index contributed by atoms with van der Waals surface area (Å²) in [7, 11) is 0. The van der Waals surface area contributed by atoms with Gasteiger partial charge in [0.1, 0.15) is 0 Å².